The van der Waals surface area contributed by atoms with Crippen LogP contribution in [-0.2, 0) is 6.54 Å². The second kappa shape index (κ2) is 7.72. The van der Waals surface area contributed by atoms with E-state index >= 15 is 0 Å². The van der Waals surface area contributed by atoms with Gasteiger partial charge < -0.3 is 10.0 Å². The Morgan fingerprint density at radius 2 is 1.84 bits per heavy atom. The number of amides is 1. The fourth-order valence-corrected chi connectivity index (χ4v) is 2.66. The van der Waals surface area contributed by atoms with Gasteiger partial charge in [-0.15, -0.1) is 0 Å². The summed E-state index contributed by atoms with van der Waals surface area (Å²) in [4.78, 5) is 14.5. The molecule has 3 aromatic rings. The Labute approximate surface area is 144 Å². The van der Waals surface area contributed by atoms with Gasteiger partial charge in [0.25, 0.3) is 5.91 Å². The zero-order chi connectivity index (χ0) is 17.6. The van der Waals surface area contributed by atoms with Crippen LogP contribution < -0.4 is 0 Å². The summed E-state index contributed by atoms with van der Waals surface area (Å²) in [6.07, 6.45) is 1.39. The van der Waals surface area contributed by atoms with Gasteiger partial charge in [0, 0.05) is 18.7 Å². The molecule has 0 aliphatic rings. The Balaban J connectivity index is 1.91. The number of carbonyl (C=O) groups excluding carboxylic acids is 1. The molecule has 128 valence electrons. The molecule has 2 N–H and O–H groups in total. The van der Waals surface area contributed by atoms with E-state index in [1.807, 2.05) is 30.3 Å². The molecule has 3 rings (SSSR count). The number of aromatic amines is 1. The number of aliphatic hydroxyl groups is 1. The second-order valence-electron chi connectivity index (χ2n) is 5.57. The zero-order valence-corrected chi connectivity index (χ0v) is 13.5. The summed E-state index contributed by atoms with van der Waals surface area (Å²) in [5.41, 5.74) is 1.83. The Morgan fingerprint density at radius 1 is 1.12 bits per heavy atom. The molecule has 0 fully saturated rings. The molecule has 5 nitrogen and oxygen atoms in total. The predicted octanol–water partition coefficient (Wildman–Crippen LogP) is 2.85. The maximum absolute atomic E-state index is 14.1. The van der Waals surface area contributed by atoms with Gasteiger partial charge in [-0.1, -0.05) is 42.5 Å². The number of aromatic nitrogens is 2. The van der Waals surface area contributed by atoms with Gasteiger partial charge in [0.2, 0.25) is 0 Å². The highest BCUT2D eigenvalue weighted by molar-refractivity contribution is 5.99. The molecule has 1 heterocycles. The predicted molar refractivity (Wildman–Crippen MR) is 92.3 cm³/mol. The molecule has 0 aliphatic heterocycles. The molecule has 1 aromatic heterocycles. The molecule has 0 radical (unpaired) electrons. The number of nitrogens with one attached hydrogen (secondary N) is 1. The number of nitrogens with zero attached hydrogens (tertiary/aromatic N) is 2. The molecule has 25 heavy (non-hydrogen) atoms. The van der Waals surface area contributed by atoms with Crippen LogP contribution in [0.5, 0.6) is 0 Å². The summed E-state index contributed by atoms with van der Waals surface area (Å²) in [7, 11) is 0. The highest BCUT2D eigenvalue weighted by Crippen LogP contribution is 2.25. The third kappa shape index (κ3) is 3.75. The number of hydrogen-bond acceptors (Lipinski definition) is 3. The first-order valence-electron chi connectivity index (χ1n) is 7.93. The highest BCUT2D eigenvalue weighted by Gasteiger charge is 2.22. The van der Waals surface area contributed by atoms with E-state index in [2.05, 4.69) is 10.2 Å². The number of carbonyl (C=O) groups is 1. The largest absolute Gasteiger partial charge is 0.395 e. The van der Waals surface area contributed by atoms with Crippen molar-refractivity contribution < 1.29 is 14.3 Å². The van der Waals surface area contributed by atoms with E-state index in [9.17, 15) is 14.3 Å². The number of rotatable bonds is 6. The summed E-state index contributed by atoms with van der Waals surface area (Å²) in [5.74, 6) is -0.748. The number of H-pyrrole nitrogens is 1. The molecule has 0 atom stereocenters. The van der Waals surface area contributed by atoms with E-state index in [-0.39, 0.29) is 30.2 Å². The lowest BCUT2D eigenvalue weighted by atomic mass is 10.1. The normalized spacial score (nSPS) is 10.6. The molecule has 0 aliphatic carbocycles. The summed E-state index contributed by atoms with van der Waals surface area (Å²) in [6.45, 7) is 0.364. The lowest BCUT2D eigenvalue weighted by Gasteiger charge is -2.22. The fourth-order valence-electron chi connectivity index (χ4n) is 2.66. The quantitative estimate of drug-likeness (QED) is 0.725. The van der Waals surface area contributed by atoms with Gasteiger partial charge in [0.05, 0.1) is 24.1 Å². The fraction of sp³-hybridized carbons (Fsp3) is 0.158. The van der Waals surface area contributed by atoms with Crippen LogP contribution in [0.2, 0.25) is 0 Å². The van der Waals surface area contributed by atoms with E-state index in [1.165, 1.54) is 17.2 Å². The molecular weight excluding hydrogens is 321 g/mol. The molecule has 2 aromatic carbocycles. The summed E-state index contributed by atoms with van der Waals surface area (Å²) < 4.78 is 14.1. The molecule has 0 bridgehead atoms. The first-order valence-corrected chi connectivity index (χ1v) is 7.93. The van der Waals surface area contributed by atoms with Gasteiger partial charge in [-0.05, 0) is 17.7 Å². The van der Waals surface area contributed by atoms with Gasteiger partial charge in [-0.25, -0.2) is 4.39 Å². The van der Waals surface area contributed by atoms with E-state index in [0.717, 1.165) is 5.56 Å². The monoisotopic (exact) mass is 339 g/mol. The van der Waals surface area contributed by atoms with Gasteiger partial charge in [-0.3, -0.25) is 9.89 Å². The minimum absolute atomic E-state index is 0.161. The lowest BCUT2D eigenvalue weighted by molar-refractivity contribution is 0.0708. The minimum atomic E-state index is -0.433. The van der Waals surface area contributed by atoms with Gasteiger partial charge in [0.1, 0.15) is 5.82 Å². The highest BCUT2D eigenvalue weighted by atomic mass is 19.1. The van der Waals surface area contributed by atoms with Crippen molar-refractivity contribution in [3.8, 4) is 11.3 Å². The Kier molecular flexibility index (Phi) is 5.20. The van der Waals surface area contributed by atoms with Crippen molar-refractivity contribution in [1.82, 2.24) is 15.1 Å². The van der Waals surface area contributed by atoms with Crippen molar-refractivity contribution in [1.29, 1.82) is 0 Å². The van der Waals surface area contributed by atoms with E-state index in [0.29, 0.717) is 12.2 Å². The molecule has 0 saturated carbocycles. The SMILES string of the molecule is O=C(c1cn[nH]c1-c1ccccc1F)N(CCO)Cc1ccccc1. The van der Waals surface area contributed by atoms with E-state index in [1.54, 1.807) is 18.2 Å². The van der Waals surface area contributed by atoms with Crippen LogP contribution >= 0.6 is 0 Å². The Hall–Kier alpha value is -2.99. The Bertz CT molecular complexity index is 849. The summed E-state index contributed by atoms with van der Waals surface area (Å²) in [5, 5.41) is 15.9. The minimum Gasteiger partial charge on any atom is -0.395 e. The van der Waals surface area contributed by atoms with Crippen molar-refractivity contribution >= 4 is 5.91 Å². The molecule has 0 unspecified atom stereocenters. The average Bonchev–Trinajstić information content (AvgIpc) is 3.11. The second-order valence-corrected chi connectivity index (χ2v) is 5.57. The zero-order valence-electron chi connectivity index (χ0n) is 13.5. The summed E-state index contributed by atoms with van der Waals surface area (Å²) in [6, 6.07) is 15.7. The first kappa shape index (κ1) is 16.9. The molecule has 0 spiro atoms. The van der Waals surface area contributed by atoms with Crippen molar-refractivity contribution in [2.24, 2.45) is 0 Å². The number of hydrogen-bond donors (Lipinski definition) is 2. The van der Waals surface area contributed by atoms with E-state index < -0.39 is 5.82 Å². The van der Waals surface area contributed by atoms with Crippen molar-refractivity contribution in [3.63, 3.8) is 0 Å². The number of benzene rings is 2. The molecule has 1 amide bonds. The summed E-state index contributed by atoms with van der Waals surface area (Å²) >= 11 is 0. The first-order chi connectivity index (χ1) is 12.2. The van der Waals surface area contributed by atoms with Crippen LogP contribution in [0, 0.1) is 5.82 Å². The van der Waals surface area contributed by atoms with Gasteiger partial charge in [-0.2, -0.15) is 5.10 Å². The van der Waals surface area contributed by atoms with Crippen LogP contribution in [0.25, 0.3) is 11.3 Å². The smallest absolute Gasteiger partial charge is 0.258 e. The van der Waals surface area contributed by atoms with Gasteiger partial charge >= 0.3 is 0 Å². The lowest BCUT2D eigenvalue weighted by Crippen LogP contribution is -2.33. The van der Waals surface area contributed by atoms with Crippen LogP contribution in [0.15, 0.2) is 60.8 Å². The van der Waals surface area contributed by atoms with Gasteiger partial charge in [0.15, 0.2) is 0 Å². The molecule has 0 saturated heterocycles. The van der Waals surface area contributed by atoms with Crippen molar-refractivity contribution in [2.45, 2.75) is 6.54 Å². The molecular formula is C19H18FN3O2. The topological polar surface area (TPSA) is 69.2 Å². The number of halogens is 1. The third-order valence-electron chi connectivity index (χ3n) is 3.89. The van der Waals surface area contributed by atoms with Crippen molar-refractivity contribution in [3.05, 3.63) is 77.7 Å². The maximum atomic E-state index is 14.1. The Morgan fingerprint density at radius 3 is 2.56 bits per heavy atom. The standard InChI is InChI=1S/C19H18FN3O2/c20-17-9-5-4-8-15(17)18-16(12-21-22-18)19(25)23(10-11-24)13-14-6-2-1-3-7-14/h1-9,12,24H,10-11,13H2,(H,21,22). The molecule has 6 heteroatoms. The number of aliphatic hydroxyl groups excluding tert-OH is 1. The van der Waals surface area contributed by atoms with Crippen LogP contribution in [0.4, 0.5) is 4.39 Å². The maximum Gasteiger partial charge on any atom is 0.258 e. The van der Waals surface area contributed by atoms with Crippen LogP contribution in [0.3, 0.4) is 0 Å². The average molecular weight is 339 g/mol. The van der Waals surface area contributed by atoms with Crippen LogP contribution in [0.1, 0.15) is 15.9 Å². The van der Waals surface area contributed by atoms with Crippen molar-refractivity contribution in [2.75, 3.05) is 13.2 Å². The third-order valence-corrected chi connectivity index (χ3v) is 3.89. The van der Waals surface area contributed by atoms with E-state index in [4.69, 9.17) is 0 Å². The van der Waals surface area contributed by atoms with Crippen LogP contribution in [-0.4, -0.2) is 39.3 Å².